The molecule has 2 aromatic rings. The molecule has 0 saturated heterocycles. The molecule has 102 valence electrons. The molecule has 0 amide bonds. The van der Waals surface area contributed by atoms with Crippen LogP contribution in [0, 0.1) is 0 Å². The Balaban J connectivity index is 1.98. The third kappa shape index (κ3) is 2.32. The highest BCUT2D eigenvalue weighted by Gasteiger charge is 2.33. The normalized spacial score (nSPS) is 18.0. The first-order chi connectivity index (χ1) is 9.26. The number of nitrogens with one attached hydrogen (secondary N) is 1. The summed E-state index contributed by atoms with van der Waals surface area (Å²) in [4.78, 5) is 11.2. The number of anilines is 1. The monoisotopic (exact) mass is 276 g/mol. The van der Waals surface area contributed by atoms with Gasteiger partial charge >= 0.3 is 0 Å². The zero-order chi connectivity index (χ0) is 13.3. The molecule has 0 radical (unpaired) electrons. The summed E-state index contributed by atoms with van der Waals surface area (Å²) >= 11 is 1.75. The van der Waals surface area contributed by atoms with Gasteiger partial charge in [0.05, 0.1) is 10.9 Å². The van der Waals surface area contributed by atoms with Crippen molar-refractivity contribution >= 4 is 27.4 Å². The van der Waals surface area contributed by atoms with Crippen molar-refractivity contribution in [3.8, 4) is 0 Å². The average Bonchev–Trinajstić information content (AvgIpc) is 3.06. The minimum absolute atomic E-state index is 0.0373. The first-order valence-electron chi connectivity index (χ1n) is 6.98. The number of aryl methyl sites for hydroxylation is 1. The summed E-state index contributed by atoms with van der Waals surface area (Å²) in [6.07, 6.45) is 7.48. The van der Waals surface area contributed by atoms with E-state index in [4.69, 9.17) is 5.73 Å². The molecule has 0 aromatic carbocycles. The molecular weight excluding hydrogens is 256 g/mol. The van der Waals surface area contributed by atoms with Crippen molar-refractivity contribution in [1.29, 1.82) is 0 Å². The fourth-order valence-corrected chi connectivity index (χ4v) is 3.80. The van der Waals surface area contributed by atoms with E-state index in [0.717, 1.165) is 35.3 Å². The number of thiophene rings is 1. The summed E-state index contributed by atoms with van der Waals surface area (Å²) in [5, 5.41) is 4.76. The molecular formula is C14H20N4S. The largest absolute Gasteiger partial charge is 0.363 e. The van der Waals surface area contributed by atoms with Crippen molar-refractivity contribution in [3.05, 3.63) is 17.3 Å². The molecule has 1 aliphatic carbocycles. The van der Waals surface area contributed by atoms with E-state index in [1.165, 1.54) is 17.7 Å². The zero-order valence-electron chi connectivity index (χ0n) is 11.3. The van der Waals surface area contributed by atoms with E-state index in [9.17, 15) is 0 Å². The van der Waals surface area contributed by atoms with Gasteiger partial charge in [0.1, 0.15) is 17.0 Å². The molecule has 0 atom stereocenters. The second-order valence-corrected chi connectivity index (χ2v) is 6.44. The smallest absolute Gasteiger partial charge is 0.138 e. The SMILES string of the molecule is CCc1cc2c(NC3(CN)CCCC3)ncnc2s1. The Bertz CT molecular complexity index is 572. The second kappa shape index (κ2) is 5.06. The van der Waals surface area contributed by atoms with Crippen LogP contribution in [0.3, 0.4) is 0 Å². The first-order valence-corrected chi connectivity index (χ1v) is 7.80. The average molecular weight is 276 g/mol. The maximum Gasteiger partial charge on any atom is 0.138 e. The van der Waals surface area contributed by atoms with Gasteiger partial charge in [-0.25, -0.2) is 9.97 Å². The molecule has 4 nitrogen and oxygen atoms in total. The Morgan fingerprint density at radius 3 is 2.84 bits per heavy atom. The van der Waals surface area contributed by atoms with E-state index in [1.54, 1.807) is 17.7 Å². The van der Waals surface area contributed by atoms with Crippen LogP contribution in [-0.4, -0.2) is 22.1 Å². The van der Waals surface area contributed by atoms with Gasteiger partial charge in [0.15, 0.2) is 0 Å². The van der Waals surface area contributed by atoms with Crippen LogP contribution in [0.4, 0.5) is 5.82 Å². The number of hydrogen-bond acceptors (Lipinski definition) is 5. The maximum absolute atomic E-state index is 5.99. The highest BCUT2D eigenvalue weighted by molar-refractivity contribution is 7.18. The molecule has 2 heterocycles. The van der Waals surface area contributed by atoms with Crippen LogP contribution in [0.25, 0.3) is 10.2 Å². The van der Waals surface area contributed by atoms with Crippen LogP contribution in [0.5, 0.6) is 0 Å². The van der Waals surface area contributed by atoms with Gasteiger partial charge in [-0.1, -0.05) is 19.8 Å². The summed E-state index contributed by atoms with van der Waals surface area (Å²) in [5.74, 6) is 0.952. The van der Waals surface area contributed by atoms with Crippen LogP contribution < -0.4 is 11.1 Å². The van der Waals surface area contributed by atoms with Gasteiger partial charge in [-0.05, 0) is 25.3 Å². The van der Waals surface area contributed by atoms with Crippen molar-refractivity contribution in [2.75, 3.05) is 11.9 Å². The predicted molar refractivity (Wildman–Crippen MR) is 80.7 cm³/mol. The molecule has 1 saturated carbocycles. The van der Waals surface area contributed by atoms with Crippen LogP contribution in [-0.2, 0) is 6.42 Å². The third-order valence-corrected chi connectivity index (χ3v) is 5.25. The first kappa shape index (κ1) is 12.8. The maximum atomic E-state index is 5.99. The lowest BCUT2D eigenvalue weighted by Crippen LogP contribution is -2.43. The lowest BCUT2D eigenvalue weighted by molar-refractivity contribution is 0.492. The topological polar surface area (TPSA) is 63.8 Å². The molecule has 19 heavy (non-hydrogen) atoms. The Hall–Kier alpha value is -1.20. The van der Waals surface area contributed by atoms with Crippen molar-refractivity contribution in [1.82, 2.24) is 9.97 Å². The fraction of sp³-hybridized carbons (Fsp3) is 0.571. The van der Waals surface area contributed by atoms with Gasteiger partial charge in [-0.2, -0.15) is 0 Å². The van der Waals surface area contributed by atoms with Crippen molar-refractivity contribution in [2.24, 2.45) is 5.73 Å². The molecule has 0 unspecified atom stereocenters. The van der Waals surface area contributed by atoms with Gasteiger partial charge in [0.25, 0.3) is 0 Å². The summed E-state index contributed by atoms with van der Waals surface area (Å²) in [7, 11) is 0. The lowest BCUT2D eigenvalue weighted by Gasteiger charge is -2.29. The number of aromatic nitrogens is 2. The number of hydrogen-bond donors (Lipinski definition) is 2. The van der Waals surface area contributed by atoms with E-state index in [1.807, 2.05) is 0 Å². The lowest BCUT2D eigenvalue weighted by atomic mass is 9.98. The standard InChI is InChI=1S/C14H20N4S/c1-2-10-7-11-12(16-9-17-13(11)19-10)18-14(8-15)5-3-4-6-14/h7,9H,2-6,8,15H2,1H3,(H,16,17,18). The van der Waals surface area contributed by atoms with Crippen molar-refractivity contribution < 1.29 is 0 Å². The molecule has 5 heteroatoms. The Morgan fingerprint density at radius 1 is 1.37 bits per heavy atom. The highest BCUT2D eigenvalue weighted by atomic mass is 32.1. The molecule has 0 spiro atoms. The molecule has 3 rings (SSSR count). The molecule has 2 aromatic heterocycles. The fourth-order valence-electron chi connectivity index (χ4n) is 2.86. The van der Waals surface area contributed by atoms with Gasteiger partial charge < -0.3 is 11.1 Å². The van der Waals surface area contributed by atoms with Gasteiger partial charge in [0.2, 0.25) is 0 Å². The number of nitrogens with zero attached hydrogens (tertiary/aromatic N) is 2. The number of rotatable bonds is 4. The summed E-state index contributed by atoms with van der Waals surface area (Å²) in [6, 6.07) is 2.21. The minimum Gasteiger partial charge on any atom is -0.363 e. The third-order valence-electron chi connectivity index (χ3n) is 4.06. The van der Waals surface area contributed by atoms with Crippen LogP contribution in [0.15, 0.2) is 12.4 Å². The molecule has 1 fully saturated rings. The minimum atomic E-state index is 0.0373. The van der Waals surface area contributed by atoms with Crippen LogP contribution >= 0.6 is 11.3 Å². The summed E-state index contributed by atoms with van der Waals surface area (Å²) in [6.45, 7) is 2.84. The van der Waals surface area contributed by atoms with E-state index < -0.39 is 0 Å². The van der Waals surface area contributed by atoms with Crippen molar-refractivity contribution in [3.63, 3.8) is 0 Å². The summed E-state index contributed by atoms with van der Waals surface area (Å²) < 4.78 is 0. The van der Waals surface area contributed by atoms with Gasteiger partial charge in [-0.15, -0.1) is 11.3 Å². The molecule has 1 aliphatic rings. The van der Waals surface area contributed by atoms with Gasteiger partial charge in [0, 0.05) is 11.4 Å². The second-order valence-electron chi connectivity index (χ2n) is 5.32. The molecule has 0 aliphatic heterocycles. The van der Waals surface area contributed by atoms with Gasteiger partial charge in [-0.3, -0.25) is 0 Å². The highest BCUT2D eigenvalue weighted by Crippen LogP contribution is 2.35. The van der Waals surface area contributed by atoms with Crippen molar-refractivity contribution in [2.45, 2.75) is 44.6 Å². The zero-order valence-corrected chi connectivity index (χ0v) is 12.1. The predicted octanol–water partition coefficient (Wildman–Crippen LogP) is 2.94. The quantitative estimate of drug-likeness (QED) is 0.901. The van der Waals surface area contributed by atoms with E-state index in [0.29, 0.717) is 6.54 Å². The number of fused-ring (bicyclic) bond motifs is 1. The van der Waals surface area contributed by atoms with Crippen LogP contribution in [0.2, 0.25) is 0 Å². The molecule has 3 N–H and O–H groups in total. The number of nitrogens with two attached hydrogens (primary N) is 1. The van der Waals surface area contributed by atoms with E-state index in [-0.39, 0.29) is 5.54 Å². The summed E-state index contributed by atoms with van der Waals surface area (Å²) in [5.41, 5.74) is 6.03. The Morgan fingerprint density at radius 2 is 2.16 bits per heavy atom. The molecule has 0 bridgehead atoms. The van der Waals surface area contributed by atoms with E-state index in [2.05, 4.69) is 28.3 Å². The Kier molecular flexibility index (Phi) is 3.41. The Labute approximate surface area is 117 Å². The van der Waals surface area contributed by atoms with Crippen LogP contribution in [0.1, 0.15) is 37.5 Å². The van der Waals surface area contributed by atoms with E-state index >= 15 is 0 Å².